The van der Waals surface area contributed by atoms with Gasteiger partial charge in [-0.1, -0.05) is 30.0 Å². The summed E-state index contributed by atoms with van der Waals surface area (Å²) < 4.78 is 18.9. The fraction of sp³-hybridized carbons (Fsp3) is 0.176. The molecule has 2 aromatic rings. The van der Waals surface area contributed by atoms with E-state index in [1.807, 2.05) is 0 Å². The highest BCUT2D eigenvalue weighted by Gasteiger charge is 2.04. The number of benzene rings is 2. The molecule has 0 aliphatic heterocycles. The third-order valence-electron chi connectivity index (χ3n) is 2.85. The average molecular weight is 286 g/mol. The fourth-order valence-corrected chi connectivity index (χ4v) is 1.82. The van der Waals surface area contributed by atoms with E-state index in [0.717, 1.165) is 11.1 Å². The van der Waals surface area contributed by atoms with E-state index in [1.165, 1.54) is 12.1 Å². The summed E-state index contributed by atoms with van der Waals surface area (Å²) in [6.07, 6.45) is 0. The van der Waals surface area contributed by atoms with Gasteiger partial charge in [-0.2, -0.15) is 0 Å². The first-order valence-corrected chi connectivity index (χ1v) is 6.43. The first kappa shape index (κ1) is 15.0. The largest absolute Gasteiger partial charge is 0.489 e. The smallest absolute Gasteiger partial charge is 0.124 e. The Morgan fingerprint density at radius 3 is 2.71 bits per heavy atom. The van der Waals surface area contributed by atoms with Crippen molar-refractivity contribution in [2.75, 3.05) is 6.61 Å². The Morgan fingerprint density at radius 1 is 1.10 bits per heavy atom. The highest BCUT2D eigenvalue weighted by molar-refractivity contribution is 5.42. The summed E-state index contributed by atoms with van der Waals surface area (Å²) in [5.74, 6) is 5.43. The molecule has 0 saturated heterocycles. The Bertz CT molecular complexity index is 671. The maximum atomic E-state index is 13.2. The zero-order valence-electron chi connectivity index (χ0n) is 11.3. The van der Waals surface area contributed by atoms with Gasteiger partial charge < -0.3 is 14.9 Å². The van der Waals surface area contributed by atoms with Crippen molar-refractivity contribution in [1.82, 2.24) is 0 Å². The molecular weight excluding hydrogens is 271 g/mol. The standard InChI is InChI=1S/C17H15FO3/c18-16-7-6-15(14(10-16)4-2-8-19)12-21-17-5-1-3-13(9-17)11-20/h1,3,5-7,9-10,19-20H,8,11-12H2. The molecule has 108 valence electrons. The Labute approximate surface area is 122 Å². The van der Waals surface area contributed by atoms with Crippen LogP contribution in [0.2, 0.25) is 0 Å². The molecule has 0 radical (unpaired) electrons. The maximum Gasteiger partial charge on any atom is 0.124 e. The summed E-state index contributed by atoms with van der Waals surface area (Å²) in [5.41, 5.74) is 1.97. The molecule has 0 saturated carbocycles. The molecule has 2 aromatic carbocycles. The minimum Gasteiger partial charge on any atom is -0.489 e. The minimum absolute atomic E-state index is 0.0546. The van der Waals surface area contributed by atoms with Crippen LogP contribution in [0.4, 0.5) is 4.39 Å². The van der Waals surface area contributed by atoms with Gasteiger partial charge in [-0.15, -0.1) is 0 Å². The molecule has 2 N–H and O–H groups in total. The van der Waals surface area contributed by atoms with Crippen LogP contribution < -0.4 is 4.74 Å². The van der Waals surface area contributed by atoms with Crippen LogP contribution in [0.3, 0.4) is 0 Å². The zero-order valence-corrected chi connectivity index (χ0v) is 11.3. The van der Waals surface area contributed by atoms with Crippen molar-refractivity contribution in [3.8, 4) is 17.6 Å². The second-order valence-corrected chi connectivity index (χ2v) is 4.36. The summed E-state index contributed by atoms with van der Waals surface area (Å²) >= 11 is 0. The number of halogens is 1. The topological polar surface area (TPSA) is 49.7 Å². The van der Waals surface area contributed by atoms with E-state index in [9.17, 15) is 4.39 Å². The molecule has 0 aliphatic carbocycles. The summed E-state index contributed by atoms with van der Waals surface area (Å²) in [5, 5.41) is 17.8. The Morgan fingerprint density at radius 2 is 1.95 bits per heavy atom. The van der Waals surface area contributed by atoms with Crippen LogP contribution >= 0.6 is 0 Å². The molecule has 0 bridgehead atoms. The molecule has 3 nitrogen and oxygen atoms in total. The molecule has 0 spiro atoms. The monoisotopic (exact) mass is 286 g/mol. The van der Waals surface area contributed by atoms with Crippen molar-refractivity contribution in [3.05, 3.63) is 65.0 Å². The van der Waals surface area contributed by atoms with Gasteiger partial charge in [-0.3, -0.25) is 0 Å². The highest BCUT2D eigenvalue weighted by Crippen LogP contribution is 2.17. The molecule has 0 atom stereocenters. The fourth-order valence-electron chi connectivity index (χ4n) is 1.82. The molecule has 0 aromatic heterocycles. The predicted molar refractivity (Wildman–Crippen MR) is 77.1 cm³/mol. The van der Waals surface area contributed by atoms with Gasteiger partial charge in [-0.25, -0.2) is 4.39 Å². The van der Waals surface area contributed by atoms with Gasteiger partial charge >= 0.3 is 0 Å². The van der Waals surface area contributed by atoms with Crippen LogP contribution in [0.15, 0.2) is 42.5 Å². The second-order valence-electron chi connectivity index (χ2n) is 4.36. The highest BCUT2D eigenvalue weighted by atomic mass is 19.1. The normalized spacial score (nSPS) is 9.86. The van der Waals surface area contributed by atoms with Crippen molar-refractivity contribution < 1.29 is 19.3 Å². The van der Waals surface area contributed by atoms with Crippen molar-refractivity contribution in [2.45, 2.75) is 13.2 Å². The lowest BCUT2D eigenvalue weighted by molar-refractivity contribution is 0.278. The van der Waals surface area contributed by atoms with Crippen molar-refractivity contribution in [2.24, 2.45) is 0 Å². The minimum atomic E-state index is -0.386. The van der Waals surface area contributed by atoms with Crippen LogP contribution in [-0.2, 0) is 13.2 Å². The van der Waals surface area contributed by atoms with E-state index in [2.05, 4.69) is 11.8 Å². The molecular formula is C17H15FO3. The third-order valence-corrected chi connectivity index (χ3v) is 2.85. The maximum absolute atomic E-state index is 13.2. The van der Waals surface area contributed by atoms with Crippen LogP contribution in [0.25, 0.3) is 0 Å². The summed E-state index contributed by atoms with van der Waals surface area (Å²) in [7, 11) is 0. The van der Waals surface area contributed by atoms with Crippen molar-refractivity contribution in [3.63, 3.8) is 0 Å². The van der Waals surface area contributed by atoms with Crippen molar-refractivity contribution in [1.29, 1.82) is 0 Å². The number of aliphatic hydroxyl groups is 2. The van der Waals surface area contributed by atoms with Gasteiger partial charge in [0.05, 0.1) is 6.61 Å². The lowest BCUT2D eigenvalue weighted by Crippen LogP contribution is -1.99. The molecule has 2 rings (SSSR count). The summed E-state index contributed by atoms with van der Waals surface area (Å²) in [4.78, 5) is 0. The third kappa shape index (κ3) is 4.32. The van der Waals surface area contributed by atoms with E-state index in [1.54, 1.807) is 30.3 Å². The molecule has 0 amide bonds. The molecule has 0 heterocycles. The number of hydrogen-bond donors (Lipinski definition) is 2. The zero-order chi connectivity index (χ0) is 15.1. The van der Waals surface area contributed by atoms with Crippen LogP contribution in [0.5, 0.6) is 5.75 Å². The predicted octanol–water partition coefficient (Wildman–Crippen LogP) is 2.24. The Balaban J connectivity index is 2.15. The Hall–Kier alpha value is -2.35. The molecule has 21 heavy (non-hydrogen) atoms. The van der Waals surface area contributed by atoms with E-state index in [4.69, 9.17) is 14.9 Å². The van der Waals surface area contributed by atoms with Gasteiger partial charge in [0.25, 0.3) is 0 Å². The SMILES string of the molecule is OCC#Cc1cc(F)ccc1COc1cccc(CO)c1. The molecule has 0 aliphatic rings. The van der Waals surface area contributed by atoms with E-state index >= 15 is 0 Å². The quantitative estimate of drug-likeness (QED) is 0.848. The van der Waals surface area contributed by atoms with Crippen LogP contribution in [0, 0.1) is 17.7 Å². The van der Waals surface area contributed by atoms with Gasteiger partial charge in [0.15, 0.2) is 0 Å². The Kier molecular flexibility index (Phi) is 5.33. The first-order valence-electron chi connectivity index (χ1n) is 6.43. The number of hydrogen-bond acceptors (Lipinski definition) is 3. The number of aliphatic hydroxyl groups excluding tert-OH is 2. The average Bonchev–Trinajstić information content (AvgIpc) is 2.52. The lowest BCUT2D eigenvalue weighted by atomic mass is 10.1. The number of rotatable bonds is 4. The van der Waals surface area contributed by atoms with E-state index < -0.39 is 0 Å². The first-order chi connectivity index (χ1) is 10.2. The van der Waals surface area contributed by atoms with Gasteiger partial charge in [-0.05, 0) is 29.8 Å². The molecule has 0 unspecified atom stereocenters. The summed E-state index contributed by atoms with van der Waals surface area (Å²) in [6, 6.07) is 11.4. The van der Waals surface area contributed by atoms with Crippen LogP contribution in [0.1, 0.15) is 16.7 Å². The number of ether oxygens (including phenoxy) is 1. The molecule has 0 fully saturated rings. The van der Waals surface area contributed by atoms with Gasteiger partial charge in [0.2, 0.25) is 0 Å². The van der Waals surface area contributed by atoms with Crippen LogP contribution in [-0.4, -0.2) is 16.8 Å². The van der Waals surface area contributed by atoms with Crippen molar-refractivity contribution >= 4 is 0 Å². The van der Waals surface area contributed by atoms with Gasteiger partial charge in [0, 0.05) is 11.1 Å². The lowest BCUT2D eigenvalue weighted by Gasteiger charge is -2.09. The van der Waals surface area contributed by atoms with Gasteiger partial charge in [0.1, 0.15) is 24.8 Å². The molecule has 4 heteroatoms. The van der Waals surface area contributed by atoms with E-state index in [-0.39, 0.29) is 25.6 Å². The summed E-state index contributed by atoms with van der Waals surface area (Å²) in [6.45, 7) is -0.110. The van der Waals surface area contributed by atoms with E-state index in [0.29, 0.717) is 11.3 Å². The second kappa shape index (κ2) is 7.44.